The number of carboxylic acids is 1. The van der Waals surface area contributed by atoms with Crippen molar-refractivity contribution in [2.45, 2.75) is 6.54 Å². The van der Waals surface area contributed by atoms with Crippen LogP contribution in [0, 0.1) is 0 Å². The Labute approximate surface area is 136 Å². The smallest absolute Gasteiger partial charge is 0.542 e. The van der Waals surface area contributed by atoms with Gasteiger partial charge in [-0.1, -0.05) is 30.3 Å². The largest absolute Gasteiger partial charge is 1.00 e. The molecule has 1 aromatic carbocycles. The Hall–Kier alpha value is -0.464. The first-order valence-electron chi connectivity index (χ1n) is 4.54. The van der Waals surface area contributed by atoms with Gasteiger partial charge in [-0.2, -0.15) is 0 Å². The van der Waals surface area contributed by atoms with Crippen LogP contribution in [0.4, 0.5) is 0 Å². The average molecular weight is 240 g/mol. The molecule has 0 atom stereocenters. The summed E-state index contributed by atoms with van der Waals surface area (Å²) in [6, 6.07) is 9.59. The summed E-state index contributed by atoms with van der Waals surface area (Å²) in [7, 11) is 0. The molecule has 76 valence electrons. The Bertz CT molecular complexity index is 468. The van der Waals surface area contributed by atoms with E-state index in [0.717, 1.165) is 5.56 Å². The van der Waals surface area contributed by atoms with Gasteiger partial charge in [-0.25, -0.2) is 4.98 Å². The third-order valence-corrected chi connectivity index (χ3v) is 2.09. The Balaban J connectivity index is 0.00000128. The minimum atomic E-state index is -1.25. The van der Waals surface area contributed by atoms with Crippen molar-refractivity contribution in [1.29, 1.82) is 0 Å². The van der Waals surface area contributed by atoms with Crippen molar-refractivity contribution in [2.24, 2.45) is 0 Å². The van der Waals surface area contributed by atoms with E-state index in [2.05, 4.69) is 4.98 Å². The molecule has 0 bridgehead atoms. The topological polar surface area (TPSA) is 57.9 Å². The van der Waals surface area contributed by atoms with Crippen LogP contribution in [0.25, 0.3) is 0 Å². The number of imidazole rings is 1. The van der Waals surface area contributed by atoms with Crippen LogP contribution in [0.15, 0.2) is 42.7 Å². The maximum atomic E-state index is 10.7. The van der Waals surface area contributed by atoms with Gasteiger partial charge in [-0.3, -0.25) is 0 Å². The second-order valence-corrected chi connectivity index (χ2v) is 3.15. The summed E-state index contributed by atoms with van der Waals surface area (Å²) < 4.78 is 1.55. The van der Waals surface area contributed by atoms with Gasteiger partial charge in [0, 0.05) is 18.9 Å². The molecular weight excluding hydrogens is 231 g/mol. The molecule has 0 saturated heterocycles. The predicted molar refractivity (Wildman–Crippen MR) is 52.1 cm³/mol. The SMILES string of the molecule is O=C([O-])c1nccn1Cc1ccccc1.[K+]. The fourth-order valence-electron chi connectivity index (χ4n) is 1.41. The van der Waals surface area contributed by atoms with Crippen LogP contribution in [0.3, 0.4) is 0 Å². The van der Waals surface area contributed by atoms with Gasteiger partial charge in [0.05, 0.1) is 0 Å². The van der Waals surface area contributed by atoms with Crippen molar-refractivity contribution in [1.82, 2.24) is 9.55 Å². The zero-order valence-electron chi connectivity index (χ0n) is 8.96. The number of carbonyl (C=O) groups is 1. The monoisotopic (exact) mass is 240 g/mol. The van der Waals surface area contributed by atoms with E-state index in [1.54, 1.807) is 10.8 Å². The van der Waals surface area contributed by atoms with Gasteiger partial charge >= 0.3 is 51.4 Å². The molecule has 0 spiro atoms. The summed E-state index contributed by atoms with van der Waals surface area (Å²) in [5, 5.41) is 10.7. The molecule has 0 aliphatic heterocycles. The maximum Gasteiger partial charge on any atom is 1.00 e. The fraction of sp³-hybridized carbons (Fsp3) is 0.0909. The van der Waals surface area contributed by atoms with Crippen molar-refractivity contribution in [3.63, 3.8) is 0 Å². The zero-order valence-corrected chi connectivity index (χ0v) is 12.1. The number of carbonyl (C=O) groups excluding carboxylic acids is 1. The van der Waals surface area contributed by atoms with Crippen LogP contribution in [-0.2, 0) is 6.54 Å². The van der Waals surface area contributed by atoms with Crippen molar-refractivity contribution >= 4 is 5.97 Å². The van der Waals surface area contributed by atoms with E-state index in [4.69, 9.17) is 0 Å². The van der Waals surface area contributed by atoms with E-state index in [1.807, 2.05) is 30.3 Å². The minimum absolute atomic E-state index is 0. The molecule has 0 amide bonds. The first-order chi connectivity index (χ1) is 7.27. The van der Waals surface area contributed by atoms with Crippen LogP contribution in [-0.4, -0.2) is 15.5 Å². The molecule has 0 fully saturated rings. The van der Waals surface area contributed by atoms with Crippen molar-refractivity contribution in [3.8, 4) is 0 Å². The van der Waals surface area contributed by atoms with E-state index in [0.29, 0.717) is 6.54 Å². The van der Waals surface area contributed by atoms with Crippen LogP contribution in [0.1, 0.15) is 16.2 Å². The van der Waals surface area contributed by atoms with E-state index in [9.17, 15) is 9.90 Å². The standard InChI is InChI=1S/C11H10N2O2.K/c14-11(15)10-12-6-7-13(10)8-9-4-2-1-3-5-9;/h1-7H,8H2,(H,14,15);/q;+1/p-1. The van der Waals surface area contributed by atoms with Gasteiger partial charge in [-0.05, 0) is 5.56 Å². The van der Waals surface area contributed by atoms with Crippen molar-refractivity contribution in [2.75, 3.05) is 0 Å². The van der Waals surface area contributed by atoms with E-state index < -0.39 is 5.97 Å². The molecular formula is C11H9KN2O2. The third kappa shape index (κ3) is 3.26. The summed E-state index contributed by atoms with van der Waals surface area (Å²) >= 11 is 0. The molecule has 0 radical (unpaired) electrons. The molecule has 1 heterocycles. The Morgan fingerprint density at radius 2 is 2.00 bits per heavy atom. The van der Waals surface area contributed by atoms with Crippen molar-refractivity contribution < 1.29 is 61.3 Å². The van der Waals surface area contributed by atoms with E-state index in [-0.39, 0.29) is 57.2 Å². The van der Waals surface area contributed by atoms with Crippen LogP contribution >= 0.6 is 0 Å². The van der Waals surface area contributed by atoms with Crippen molar-refractivity contribution in [3.05, 3.63) is 54.1 Å². The number of hydrogen-bond donors (Lipinski definition) is 0. The van der Waals surface area contributed by atoms with Gasteiger partial charge in [0.2, 0.25) is 0 Å². The molecule has 2 rings (SSSR count). The minimum Gasteiger partial charge on any atom is -0.542 e. The third-order valence-electron chi connectivity index (χ3n) is 2.09. The zero-order chi connectivity index (χ0) is 10.7. The number of benzene rings is 1. The number of aromatic nitrogens is 2. The predicted octanol–water partition coefficient (Wildman–Crippen LogP) is -2.70. The van der Waals surface area contributed by atoms with Gasteiger partial charge in [0.25, 0.3) is 0 Å². The van der Waals surface area contributed by atoms with Gasteiger partial charge in [0.1, 0.15) is 5.97 Å². The molecule has 1 aromatic heterocycles. The molecule has 0 aliphatic carbocycles. The molecule has 0 N–H and O–H groups in total. The Morgan fingerprint density at radius 3 is 2.62 bits per heavy atom. The number of carboxylic acid groups (broad SMARTS) is 1. The molecule has 2 aromatic rings. The molecule has 5 heteroatoms. The second-order valence-electron chi connectivity index (χ2n) is 3.15. The van der Waals surface area contributed by atoms with E-state index in [1.165, 1.54) is 6.20 Å². The maximum absolute atomic E-state index is 10.7. The number of hydrogen-bond acceptors (Lipinski definition) is 3. The number of aromatic carboxylic acids is 1. The summed E-state index contributed by atoms with van der Waals surface area (Å²) in [5.41, 5.74) is 1.03. The summed E-state index contributed by atoms with van der Waals surface area (Å²) in [6.07, 6.45) is 3.08. The second kappa shape index (κ2) is 6.32. The van der Waals surface area contributed by atoms with Crippen LogP contribution < -0.4 is 56.5 Å². The molecule has 0 saturated carbocycles. The molecule has 0 unspecified atom stereocenters. The number of nitrogens with zero attached hydrogens (tertiary/aromatic N) is 2. The van der Waals surface area contributed by atoms with Gasteiger partial charge < -0.3 is 14.5 Å². The molecule has 0 aliphatic rings. The first kappa shape index (κ1) is 13.6. The normalized spacial score (nSPS) is 9.50. The van der Waals surface area contributed by atoms with Crippen LogP contribution in [0.5, 0.6) is 0 Å². The molecule has 4 nitrogen and oxygen atoms in total. The summed E-state index contributed by atoms with van der Waals surface area (Å²) in [6.45, 7) is 0.490. The molecule has 16 heavy (non-hydrogen) atoms. The van der Waals surface area contributed by atoms with Crippen LogP contribution in [0.2, 0.25) is 0 Å². The number of rotatable bonds is 3. The first-order valence-corrected chi connectivity index (χ1v) is 4.54. The van der Waals surface area contributed by atoms with E-state index >= 15 is 0 Å². The Morgan fingerprint density at radius 1 is 1.31 bits per heavy atom. The average Bonchev–Trinajstić information content (AvgIpc) is 2.67. The van der Waals surface area contributed by atoms with Gasteiger partial charge in [0.15, 0.2) is 5.82 Å². The Kier molecular flexibility index (Phi) is 5.37. The summed E-state index contributed by atoms with van der Waals surface area (Å²) in [4.78, 5) is 14.4. The quantitative estimate of drug-likeness (QED) is 0.549. The summed E-state index contributed by atoms with van der Waals surface area (Å²) in [5.74, 6) is -1.30. The fourth-order valence-corrected chi connectivity index (χ4v) is 1.41. The van der Waals surface area contributed by atoms with Gasteiger partial charge in [-0.15, -0.1) is 0 Å².